The van der Waals surface area contributed by atoms with E-state index in [0.717, 1.165) is 6.07 Å². The highest BCUT2D eigenvalue weighted by atomic mass is 32.1. The molecule has 176 valence electrons. The van der Waals surface area contributed by atoms with Gasteiger partial charge in [-0.15, -0.1) is 11.3 Å². The minimum Gasteiger partial charge on any atom is -0.365 e. The third-order valence-electron chi connectivity index (χ3n) is 4.62. The summed E-state index contributed by atoms with van der Waals surface area (Å²) in [5.74, 6) is -2.23. The van der Waals surface area contributed by atoms with Crippen LogP contribution in [0.15, 0.2) is 42.5 Å². The quantitative estimate of drug-likeness (QED) is 0.340. The Morgan fingerprint density at radius 1 is 1.00 bits per heavy atom. The van der Waals surface area contributed by atoms with Gasteiger partial charge >= 0.3 is 12.4 Å². The summed E-state index contributed by atoms with van der Waals surface area (Å²) in [6.45, 7) is 0. The number of aromatic nitrogens is 3. The first-order valence-corrected chi connectivity index (χ1v) is 10.0. The second-order valence-corrected chi connectivity index (χ2v) is 7.89. The number of anilines is 1. The Labute approximate surface area is 189 Å². The first-order chi connectivity index (χ1) is 15.9. The fraction of sp³-hybridized carbons (Fsp3) is 0.100. The van der Waals surface area contributed by atoms with E-state index in [4.69, 9.17) is 5.73 Å². The number of benzene rings is 1. The molecular formula is C20H11F6N5O2S. The molecule has 0 saturated carbocycles. The van der Waals surface area contributed by atoms with Crippen LogP contribution < -0.4 is 11.1 Å². The molecule has 0 radical (unpaired) electrons. The molecule has 4 N–H and O–H groups in total. The number of alkyl halides is 6. The number of aromatic amines is 1. The van der Waals surface area contributed by atoms with Crippen molar-refractivity contribution in [2.75, 3.05) is 5.32 Å². The second-order valence-electron chi connectivity index (χ2n) is 6.89. The van der Waals surface area contributed by atoms with Crippen molar-refractivity contribution in [2.45, 2.75) is 12.4 Å². The molecule has 0 unspecified atom stereocenters. The monoisotopic (exact) mass is 499 g/mol. The van der Waals surface area contributed by atoms with E-state index in [9.17, 15) is 35.9 Å². The van der Waals surface area contributed by atoms with Gasteiger partial charge in [0.1, 0.15) is 21.1 Å². The first kappa shape index (κ1) is 23.2. The lowest BCUT2D eigenvalue weighted by molar-refractivity contribution is -0.141. The molecule has 1 aromatic carbocycles. The molecule has 0 saturated heterocycles. The number of primary amides is 1. The number of thiophene rings is 1. The largest absolute Gasteiger partial charge is 0.433 e. The van der Waals surface area contributed by atoms with Crippen LogP contribution in [0.2, 0.25) is 0 Å². The maximum Gasteiger partial charge on any atom is 0.433 e. The van der Waals surface area contributed by atoms with Gasteiger partial charge in [-0.3, -0.25) is 14.7 Å². The zero-order valence-electron chi connectivity index (χ0n) is 16.5. The van der Waals surface area contributed by atoms with Gasteiger partial charge < -0.3 is 11.1 Å². The van der Waals surface area contributed by atoms with E-state index in [0.29, 0.717) is 23.0 Å². The van der Waals surface area contributed by atoms with Gasteiger partial charge in [-0.25, -0.2) is 4.98 Å². The SMILES string of the molecule is NC(=O)c1sc2nc(C(F)(F)F)cc(-c3ccccc3)c2c1NC(=O)c1cc(C(F)(F)F)[nH]n1. The number of pyridine rings is 1. The molecule has 34 heavy (non-hydrogen) atoms. The maximum absolute atomic E-state index is 13.5. The normalized spacial score (nSPS) is 12.2. The van der Waals surface area contributed by atoms with Gasteiger partial charge in [0.2, 0.25) is 0 Å². The number of amides is 2. The number of H-pyrrole nitrogens is 1. The molecule has 7 nitrogen and oxygen atoms in total. The fourth-order valence-corrected chi connectivity index (χ4v) is 4.15. The Kier molecular flexibility index (Phi) is 5.55. The summed E-state index contributed by atoms with van der Waals surface area (Å²) in [7, 11) is 0. The van der Waals surface area contributed by atoms with Crippen LogP contribution in [0.3, 0.4) is 0 Å². The van der Waals surface area contributed by atoms with Gasteiger partial charge in [0.25, 0.3) is 11.8 Å². The van der Waals surface area contributed by atoms with Gasteiger partial charge in [-0.2, -0.15) is 31.4 Å². The van der Waals surface area contributed by atoms with Gasteiger partial charge in [0.05, 0.1) is 5.69 Å². The van der Waals surface area contributed by atoms with E-state index in [1.165, 1.54) is 12.1 Å². The van der Waals surface area contributed by atoms with Crippen molar-refractivity contribution in [2.24, 2.45) is 5.73 Å². The molecule has 3 heterocycles. The Hall–Kier alpha value is -3.94. The molecule has 4 aromatic rings. The Bertz CT molecular complexity index is 1410. The number of fused-ring (bicyclic) bond motifs is 1. The number of carbonyl (C=O) groups is 2. The lowest BCUT2D eigenvalue weighted by atomic mass is 10.0. The minimum atomic E-state index is -4.82. The summed E-state index contributed by atoms with van der Waals surface area (Å²) < 4.78 is 79.0. The molecule has 14 heteroatoms. The van der Waals surface area contributed by atoms with Gasteiger partial charge in [0.15, 0.2) is 5.69 Å². The van der Waals surface area contributed by atoms with Crippen LogP contribution in [0.5, 0.6) is 0 Å². The van der Waals surface area contributed by atoms with E-state index in [-0.39, 0.29) is 26.3 Å². The summed E-state index contributed by atoms with van der Waals surface area (Å²) >= 11 is 0.509. The minimum absolute atomic E-state index is 0.0185. The number of nitrogens with two attached hydrogens (primary N) is 1. The van der Waals surface area contributed by atoms with Crippen molar-refractivity contribution in [1.29, 1.82) is 0 Å². The van der Waals surface area contributed by atoms with Crippen molar-refractivity contribution >= 4 is 39.1 Å². The average molecular weight is 499 g/mol. The Morgan fingerprint density at radius 3 is 2.24 bits per heavy atom. The molecule has 0 aliphatic rings. The smallest absolute Gasteiger partial charge is 0.365 e. The number of rotatable bonds is 4. The van der Waals surface area contributed by atoms with Crippen LogP contribution >= 0.6 is 11.3 Å². The summed E-state index contributed by atoms with van der Waals surface area (Å²) in [6, 6.07) is 8.98. The van der Waals surface area contributed by atoms with E-state index in [2.05, 4.69) is 15.4 Å². The maximum atomic E-state index is 13.5. The number of nitrogens with one attached hydrogen (secondary N) is 2. The molecule has 0 aliphatic heterocycles. The zero-order valence-corrected chi connectivity index (χ0v) is 17.3. The molecule has 0 spiro atoms. The number of halogens is 6. The summed E-state index contributed by atoms with van der Waals surface area (Å²) in [5.41, 5.74) is 2.18. The molecule has 0 fully saturated rings. The summed E-state index contributed by atoms with van der Waals surface area (Å²) in [6.07, 6.45) is -9.61. The highest BCUT2D eigenvalue weighted by Crippen LogP contribution is 2.43. The average Bonchev–Trinajstić information content (AvgIpc) is 3.39. The standard InChI is InChI=1S/C20H11F6N5O2S/c21-19(22,23)11-6-9(8-4-2-1-3-5-8)13-14(15(16(27)32)34-18(13)28-11)29-17(33)10-7-12(31-30-10)20(24,25)26/h1-7H,(H2,27,32)(H,29,33)(H,30,31). The van der Waals surface area contributed by atoms with Crippen LogP contribution in [0, 0.1) is 0 Å². The first-order valence-electron chi connectivity index (χ1n) is 9.20. The molecule has 4 rings (SSSR count). The second kappa shape index (κ2) is 8.13. The third-order valence-corrected chi connectivity index (χ3v) is 5.71. The molecule has 0 atom stereocenters. The highest BCUT2D eigenvalue weighted by Gasteiger charge is 2.36. The van der Waals surface area contributed by atoms with Gasteiger partial charge in [-0.05, 0) is 17.2 Å². The molecular weight excluding hydrogens is 488 g/mol. The number of carbonyl (C=O) groups excluding carboxylic acids is 2. The summed E-state index contributed by atoms with van der Waals surface area (Å²) in [4.78, 5) is 27.7. The number of nitrogens with zero attached hydrogens (tertiary/aromatic N) is 2. The van der Waals surface area contributed by atoms with Crippen LogP contribution in [0.1, 0.15) is 31.5 Å². The van der Waals surface area contributed by atoms with Crippen molar-refractivity contribution in [3.63, 3.8) is 0 Å². The van der Waals surface area contributed by atoms with Crippen LogP contribution in [-0.2, 0) is 12.4 Å². The number of hydrogen-bond acceptors (Lipinski definition) is 5. The van der Waals surface area contributed by atoms with Crippen LogP contribution in [-0.4, -0.2) is 27.0 Å². The lowest BCUT2D eigenvalue weighted by Gasteiger charge is -2.12. The van der Waals surface area contributed by atoms with Crippen molar-refractivity contribution in [3.05, 3.63) is 64.4 Å². The highest BCUT2D eigenvalue weighted by molar-refractivity contribution is 7.21. The molecule has 0 bridgehead atoms. The van der Waals surface area contributed by atoms with Crippen molar-refractivity contribution in [1.82, 2.24) is 15.2 Å². The van der Waals surface area contributed by atoms with Gasteiger partial charge in [-0.1, -0.05) is 30.3 Å². The Morgan fingerprint density at radius 2 is 1.68 bits per heavy atom. The molecule has 2 amide bonds. The van der Waals surface area contributed by atoms with E-state index < -0.39 is 41.2 Å². The van der Waals surface area contributed by atoms with Gasteiger partial charge in [0, 0.05) is 11.5 Å². The van der Waals surface area contributed by atoms with Crippen molar-refractivity contribution in [3.8, 4) is 11.1 Å². The van der Waals surface area contributed by atoms with E-state index >= 15 is 0 Å². The molecule has 0 aliphatic carbocycles. The zero-order chi connectivity index (χ0) is 24.8. The van der Waals surface area contributed by atoms with E-state index in [1.54, 1.807) is 23.3 Å². The van der Waals surface area contributed by atoms with Crippen LogP contribution in [0.4, 0.5) is 32.0 Å². The predicted octanol–water partition coefficient (Wildman–Crippen LogP) is 5.08. The Balaban J connectivity index is 1.92. The van der Waals surface area contributed by atoms with Crippen molar-refractivity contribution < 1.29 is 35.9 Å². The number of hydrogen-bond donors (Lipinski definition) is 3. The third kappa shape index (κ3) is 4.31. The fourth-order valence-electron chi connectivity index (χ4n) is 3.14. The summed E-state index contributed by atoms with van der Waals surface area (Å²) in [5, 5.41) is 7.22. The lowest BCUT2D eigenvalue weighted by Crippen LogP contribution is -2.17. The van der Waals surface area contributed by atoms with Crippen LogP contribution in [0.25, 0.3) is 21.3 Å². The predicted molar refractivity (Wildman–Crippen MR) is 110 cm³/mol. The van der Waals surface area contributed by atoms with E-state index in [1.807, 2.05) is 0 Å². The molecule has 3 aromatic heterocycles. The topological polar surface area (TPSA) is 114 Å².